The van der Waals surface area contributed by atoms with Crippen LogP contribution >= 0.6 is 0 Å². The fourth-order valence-electron chi connectivity index (χ4n) is 4.16. The van der Waals surface area contributed by atoms with Crippen LogP contribution in [0.2, 0.25) is 0 Å². The van der Waals surface area contributed by atoms with Crippen LogP contribution < -0.4 is 0 Å². The number of hydrogen-bond donors (Lipinski definition) is 0. The summed E-state index contributed by atoms with van der Waals surface area (Å²) in [5.41, 5.74) is 2.21. The highest BCUT2D eigenvalue weighted by Gasteiger charge is 2.33. The summed E-state index contributed by atoms with van der Waals surface area (Å²) in [6.45, 7) is 16.0. The molecular weight excluding hydrogens is 332 g/mol. The van der Waals surface area contributed by atoms with Crippen molar-refractivity contribution < 1.29 is 9.53 Å². The fraction of sp³-hybridized carbons (Fsp3) is 0.720. The van der Waals surface area contributed by atoms with Crippen LogP contribution in [-0.2, 0) is 4.74 Å². The summed E-state index contributed by atoms with van der Waals surface area (Å²) < 4.78 is 5.89. The van der Waals surface area contributed by atoms with Gasteiger partial charge in [-0.3, -0.25) is 0 Å². The summed E-state index contributed by atoms with van der Waals surface area (Å²) >= 11 is 0. The molecule has 1 aliphatic carbocycles. The average molecular weight is 373 g/mol. The van der Waals surface area contributed by atoms with Crippen molar-refractivity contribution >= 4 is 5.97 Å². The molecule has 0 aliphatic heterocycles. The molecule has 1 fully saturated rings. The molecule has 0 aromatic heterocycles. The number of esters is 1. The van der Waals surface area contributed by atoms with Gasteiger partial charge in [-0.15, -0.1) is 0 Å². The van der Waals surface area contributed by atoms with E-state index in [-0.39, 0.29) is 17.0 Å². The second-order valence-electron chi connectivity index (χ2n) is 10.7. The first-order chi connectivity index (χ1) is 12.5. The summed E-state index contributed by atoms with van der Waals surface area (Å²) in [7, 11) is 0. The summed E-state index contributed by atoms with van der Waals surface area (Å²) in [4.78, 5) is 12.6. The number of carbonyl (C=O) groups excluding carboxylic acids is 1. The quantitative estimate of drug-likeness (QED) is 0.483. The smallest absolute Gasteiger partial charge is 0.338 e. The van der Waals surface area contributed by atoms with Crippen molar-refractivity contribution in [3.63, 3.8) is 0 Å². The lowest BCUT2D eigenvalue weighted by atomic mass is 9.68. The molecule has 0 saturated heterocycles. The standard InChI is InChI=1S/C25H40O2/c1-8-24(5,6)18-21(23(2,3)4)19-12-14-20(15-13-19)22(26)27-25(7)16-10-9-11-17-25/h12-15,21H,8-11,16-18H2,1-7H3. The number of benzene rings is 1. The molecule has 1 unspecified atom stereocenters. The lowest BCUT2D eigenvalue weighted by Gasteiger charge is -2.37. The Kier molecular flexibility index (Phi) is 6.81. The van der Waals surface area contributed by atoms with E-state index in [1.807, 2.05) is 12.1 Å². The van der Waals surface area contributed by atoms with Crippen LogP contribution in [0.5, 0.6) is 0 Å². The second-order valence-corrected chi connectivity index (χ2v) is 10.7. The molecule has 0 heterocycles. The first kappa shape index (κ1) is 22.0. The van der Waals surface area contributed by atoms with E-state index < -0.39 is 0 Å². The molecule has 1 saturated carbocycles. The third-order valence-corrected chi connectivity index (χ3v) is 6.56. The first-order valence-corrected chi connectivity index (χ1v) is 10.8. The van der Waals surface area contributed by atoms with Crippen molar-refractivity contribution in [1.82, 2.24) is 0 Å². The molecule has 2 rings (SSSR count). The van der Waals surface area contributed by atoms with Gasteiger partial charge in [0, 0.05) is 0 Å². The Balaban J connectivity index is 2.15. The van der Waals surface area contributed by atoms with Crippen LogP contribution in [0.25, 0.3) is 0 Å². The summed E-state index contributed by atoms with van der Waals surface area (Å²) in [5, 5.41) is 0. The Labute approximate surface area is 167 Å². The second kappa shape index (κ2) is 8.37. The molecule has 1 aromatic carbocycles. The van der Waals surface area contributed by atoms with E-state index in [4.69, 9.17) is 4.74 Å². The zero-order valence-electron chi connectivity index (χ0n) is 18.7. The van der Waals surface area contributed by atoms with Crippen molar-refractivity contribution in [3.8, 4) is 0 Å². The molecular formula is C25H40O2. The Morgan fingerprint density at radius 2 is 1.59 bits per heavy atom. The Bertz CT molecular complexity index is 613. The normalized spacial score (nSPS) is 18.8. The van der Waals surface area contributed by atoms with E-state index >= 15 is 0 Å². The van der Waals surface area contributed by atoms with Crippen molar-refractivity contribution in [2.75, 3.05) is 0 Å². The van der Waals surface area contributed by atoms with Gasteiger partial charge in [0.2, 0.25) is 0 Å². The molecule has 27 heavy (non-hydrogen) atoms. The molecule has 0 radical (unpaired) electrons. The van der Waals surface area contributed by atoms with E-state index in [2.05, 4.69) is 60.6 Å². The molecule has 1 aromatic rings. The SMILES string of the molecule is CCC(C)(C)CC(c1ccc(C(=O)OC2(C)CCCCC2)cc1)C(C)(C)C. The fourth-order valence-corrected chi connectivity index (χ4v) is 4.16. The molecule has 0 amide bonds. The van der Waals surface area contributed by atoms with Gasteiger partial charge in [-0.05, 0) is 73.5 Å². The Hall–Kier alpha value is -1.31. The topological polar surface area (TPSA) is 26.3 Å². The van der Waals surface area contributed by atoms with E-state index in [0.717, 1.165) is 32.1 Å². The lowest BCUT2D eigenvalue weighted by Crippen LogP contribution is -2.33. The summed E-state index contributed by atoms with van der Waals surface area (Å²) in [5.74, 6) is 0.292. The van der Waals surface area contributed by atoms with Gasteiger partial charge in [-0.1, -0.05) is 66.5 Å². The summed E-state index contributed by atoms with van der Waals surface area (Å²) in [6.07, 6.45) is 7.85. The van der Waals surface area contributed by atoms with Gasteiger partial charge < -0.3 is 4.74 Å². The van der Waals surface area contributed by atoms with Gasteiger partial charge in [0.05, 0.1) is 5.56 Å². The third kappa shape index (κ3) is 6.09. The molecule has 1 aliphatic rings. The first-order valence-electron chi connectivity index (χ1n) is 10.8. The van der Waals surface area contributed by atoms with Gasteiger partial charge >= 0.3 is 5.97 Å². The van der Waals surface area contributed by atoms with Crippen LogP contribution in [-0.4, -0.2) is 11.6 Å². The maximum Gasteiger partial charge on any atom is 0.338 e. The van der Waals surface area contributed by atoms with E-state index in [0.29, 0.717) is 16.9 Å². The third-order valence-electron chi connectivity index (χ3n) is 6.56. The van der Waals surface area contributed by atoms with Crippen molar-refractivity contribution in [3.05, 3.63) is 35.4 Å². The van der Waals surface area contributed by atoms with Gasteiger partial charge in [0.25, 0.3) is 0 Å². The van der Waals surface area contributed by atoms with Crippen LogP contribution in [0.1, 0.15) is 115 Å². The number of hydrogen-bond acceptors (Lipinski definition) is 2. The Morgan fingerprint density at radius 1 is 1.04 bits per heavy atom. The van der Waals surface area contributed by atoms with E-state index in [1.165, 1.54) is 18.4 Å². The van der Waals surface area contributed by atoms with Crippen molar-refractivity contribution in [1.29, 1.82) is 0 Å². The Morgan fingerprint density at radius 3 is 2.07 bits per heavy atom. The molecule has 1 atom stereocenters. The average Bonchev–Trinajstić information content (AvgIpc) is 2.59. The van der Waals surface area contributed by atoms with Gasteiger partial charge in [0.15, 0.2) is 0 Å². The van der Waals surface area contributed by atoms with E-state index in [1.54, 1.807) is 0 Å². The molecule has 2 heteroatoms. The van der Waals surface area contributed by atoms with Gasteiger partial charge in [-0.25, -0.2) is 4.79 Å². The minimum atomic E-state index is -0.285. The van der Waals surface area contributed by atoms with Crippen LogP contribution in [0.3, 0.4) is 0 Å². The number of ether oxygens (including phenoxy) is 1. The highest BCUT2D eigenvalue weighted by molar-refractivity contribution is 5.89. The van der Waals surface area contributed by atoms with Crippen LogP contribution in [0.4, 0.5) is 0 Å². The highest BCUT2D eigenvalue weighted by atomic mass is 16.6. The maximum atomic E-state index is 12.6. The molecule has 152 valence electrons. The van der Waals surface area contributed by atoms with Crippen LogP contribution in [0.15, 0.2) is 24.3 Å². The van der Waals surface area contributed by atoms with Crippen LogP contribution in [0, 0.1) is 10.8 Å². The molecule has 2 nitrogen and oxygen atoms in total. The van der Waals surface area contributed by atoms with Crippen molar-refractivity contribution in [2.45, 2.75) is 105 Å². The molecule has 0 bridgehead atoms. The number of rotatable bonds is 6. The van der Waals surface area contributed by atoms with E-state index in [9.17, 15) is 4.79 Å². The molecule has 0 N–H and O–H groups in total. The monoisotopic (exact) mass is 372 g/mol. The predicted molar refractivity (Wildman–Crippen MR) is 114 cm³/mol. The highest BCUT2D eigenvalue weighted by Crippen LogP contribution is 2.44. The minimum Gasteiger partial charge on any atom is -0.456 e. The predicted octanol–water partition coefficient (Wildman–Crippen LogP) is 7.52. The zero-order valence-corrected chi connectivity index (χ0v) is 18.7. The maximum absolute atomic E-state index is 12.6. The summed E-state index contributed by atoms with van der Waals surface area (Å²) in [6, 6.07) is 8.20. The van der Waals surface area contributed by atoms with Gasteiger partial charge in [-0.2, -0.15) is 0 Å². The van der Waals surface area contributed by atoms with Crippen molar-refractivity contribution in [2.24, 2.45) is 10.8 Å². The minimum absolute atomic E-state index is 0.174. The largest absolute Gasteiger partial charge is 0.456 e. The molecule has 0 spiro atoms. The number of carbonyl (C=O) groups is 1. The van der Waals surface area contributed by atoms with Gasteiger partial charge in [0.1, 0.15) is 5.60 Å². The lowest BCUT2D eigenvalue weighted by molar-refractivity contribution is -0.0269. The zero-order chi connectivity index (χ0) is 20.3.